The zero-order valence-corrected chi connectivity index (χ0v) is 14.7. The molecule has 0 aliphatic heterocycles. The maximum atomic E-state index is 11.5. The Hall–Kier alpha value is -1.29. The summed E-state index contributed by atoms with van der Waals surface area (Å²) in [6.45, 7) is 16.9. The number of unbranched alkanes of at least 4 members (excludes halogenated alkanes) is 3. The average Bonchev–Trinajstić information content (AvgIpc) is 2.47. The molecule has 0 aromatic rings. The molecule has 0 atom stereocenters. The fourth-order valence-electron chi connectivity index (χ4n) is 1.50. The molecule has 0 aliphatic rings. The second kappa shape index (κ2) is 12.3. The molecule has 0 spiro atoms. The summed E-state index contributed by atoms with van der Waals surface area (Å²) >= 11 is 0. The first-order valence-corrected chi connectivity index (χ1v) is 8.11. The molecular weight excluding hydrogens is 280 g/mol. The van der Waals surface area contributed by atoms with Crippen LogP contribution in [-0.4, -0.2) is 26.0 Å². The summed E-state index contributed by atoms with van der Waals surface area (Å²) in [6.07, 6.45) is 3.92. The van der Waals surface area contributed by atoms with Gasteiger partial charge >= 0.3 is 5.97 Å². The Balaban J connectivity index is 3.36. The summed E-state index contributed by atoms with van der Waals surface area (Å²) in [7, 11) is 0. The van der Waals surface area contributed by atoms with E-state index in [4.69, 9.17) is 14.2 Å². The predicted octanol–water partition coefficient (Wildman–Crippen LogP) is 4.46. The highest BCUT2D eigenvalue weighted by Gasteiger charge is 2.11. The highest BCUT2D eigenvalue weighted by Crippen LogP contribution is 2.10. The van der Waals surface area contributed by atoms with Gasteiger partial charge in [0, 0.05) is 11.5 Å². The largest absolute Gasteiger partial charge is 0.472 e. The fourth-order valence-corrected chi connectivity index (χ4v) is 1.50. The predicted molar refractivity (Wildman–Crippen MR) is 89.3 cm³/mol. The monoisotopic (exact) mass is 312 g/mol. The normalized spacial score (nSPS) is 10.8. The first kappa shape index (κ1) is 20.7. The minimum Gasteiger partial charge on any atom is -0.472 e. The smallest absolute Gasteiger partial charge is 0.333 e. The van der Waals surface area contributed by atoms with Crippen molar-refractivity contribution < 1.29 is 19.0 Å². The van der Waals surface area contributed by atoms with Crippen molar-refractivity contribution in [2.24, 2.45) is 11.8 Å². The maximum Gasteiger partial charge on any atom is 0.333 e. The van der Waals surface area contributed by atoms with E-state index in [1.54, 1.807) is 0 Å². The fraction of sp³-hybridized carbons (Fsp3) is 0.722. The van der Waals surface area contributed by atoms with Gasteiger partial charge in [-0.1, -0.05) is 47.3 Å². The number of hydrogen-bond donors (Lipinski definition) is 0. The summed E-state index contributed by atoms with van der Waals surface area (Å²) in [5.74, 6) is 0.933. The van der Waals surface area contributed by atoms with Crippen molar-refractivity contribution in [2.75, 3.05) is 20.0 Å². The van der Waals surface area contributed by atoms with Gasteiger partial charge in [-0.2, -0.15) is 0 Å². The van der Waals surface area contributed by atoms with Crippen LogP contribution in [0.15, 0.2) is 24.5 Å². The van der Waals surface area contributed by atoms with Gasteiger partial charge in [0.25, 0.3) is 0 Å². The third-order valence-electron chi connectivity index (χ3n) is 3.35. The summed E-state index contributed by atoms with van der Waals surface area (Å²) in [6, 6.07) is 0. The first-order valence-electron chi connectivity index (χ1n) is 8.11. The van der Waals surface area contributed by atoms with Crippen molar-refractivity contribution in [1.29, 1.82) is 0 Å². The summed E-state index contributed by atoms with van der Waals surface area (Å²) < 4.78 is 15.9. The molecule has 0 unspecified atom stereocenters. The topological polar surface area (TPSA) is 44.8 Å². The van der Waals surface area contributed by atoms with Crippen LogP contribution in [0.1, 0.15) is 53.4 Å². The average molecular weight is 312 g/mol. The Morgan fingerprint density at radius 2 is 1.45 bits per heavy atom. The first-order chi connectivity index (χ1) is 10.4. The lowest BCUT2D eigenvalue weighted by molar-refractivity contribution is -0.139. The van der Waals surface area contributed by atoms with Gasteiger partial charge in [-0.25, -0.2) is 4.79 Å². The van der Waals surface area contributed by atoms with Gasteiger partial charge < -0.3 is 14.2 Å². The van der Waals surface area contributed by atoms with Gasteiger partial charge in [-0.3, -0.25) is 0 Å². The Morgan fingerprint density at radius 3 is 2.00 bits per heavy atom. The molecule has 0 fully saturated rings. The highest BCUT2D eigenvalue weighted by atomic mass is 16.7. The van der Waals surface area contributed by atoms with Crippen molar-refractivity contribution in [1.82, 2.24) is 0 Å². The summed E-state index contributed by atoms with van der Waals surface area (Å²) in [5.41, 5.74) is 0.538. The van der Waals surface area contributed by atoms with Crippen LogP contribution >= 0.6 is 0 Å². The second-order valence-electron chi connectivity index (χ2n) is 6.02. The van der Waals surface area contributed by atoms with Crippen LogP contribution in [0.5, 0.6) is 0 Å². The number of allylic oxidation sites excluding steroid dienone is 1. The Labute approximate surface area is 135 Å². The van der Waals surface area contributed by atoms with E-state index < -0.39 is 0 Å². The molecule has 4 heteroatoms. The van der Waals surface area contributed by atoms with Crippen LogP contribution in [0, 0.1) is 11.8 Å². The number of hydrogen-bond acceptors (Lipinski definition) is 4. The molecule has 0 N–H and O–H groups in total. The summed E-state index contributed by atoms with van der Waals surface area (Å²) in [5, 5.41) is 0. The van der Waals surface area contributed by atoms with Gasteiger partial charge in [-0.15, -0.1) is 0 Å². The Bertz CT molecular complexity index is 345. The van der Waals surface area contributed by atoms with Crippen LogP contribution < -0.4 is 0 Å². The van der Waals surface area contributed by atoms with Crippen LogP contribution in [0.2, 0.25) is 0 Å². The van der Waals surface area contributed by atoms with E-state index in [0.717, 1.165) is 31.4 Å². The lowest BCUT2D eigenvalue weighted by atomic mass is 10.1. The van der Waals surface area contributed by atoms with Crippen LogP contribution in [0.4, 0.5) is 0 Å². The van der Waals surface area contributed by atoms with Crippen LogP contribution in [0.25, 0.3) is 0 Å². The number of rotatable bonds is 13. The van der Waals surface area contributed by atoms with E-state index in [1.165, 1.54) is 0 Å². The molecule has 0 saturated carbocycles. The maximum absolute atomic E-state index is 11.5. The zero-order chi connectivity index (χ0) is 17.0. The van der Waals surface area contributed by atoms with Crippen molar-refractivity contribution in [3.8, 4) is 0 Å². The molecule has 22 heavy (non-hydrogen) atoms. The minimum atomic E-state index is -0.277. The zero-order valence-electron chi connectivity index (χ0n) is 14.7. The van der Waals surface area contributed by atoms with Gasteiger partial charge in [-0.05, 0) is 25.2 Å². The molecular formula is C18H32O4. The van der Waals surface area contributed by atoms with Gasteiger partial charge in [0.05, 0.1) is 19.0 Å². The molecule has 4 nitrogen and oxygen atoms in total. The lowest BCUT2D eigenvalue weighted by Gasteiger charge is -2.12. The second-order valence-corrected chi connectivity index (χ2v) is 6.02. The minimum absolute atomic E-state index is 0.138. The number of ether oxygens (including phenoxy) is 3. The van der Waals surface area contributed by atoms with E-state index in [2.05, 4.69) is 13.2 Å². The van der Waals surface area contributed by atoms with E-state index in [-0.39, 0.29) is 18.7 Å². The quantitative estimate of drug-likeness (QED) is 0.165. The number of esters is 1. The van der Waals surface area contributed by atoms with Gasteiger partial charge in [0.2, 0.25) is 0 Å². The van der Waals surface area contributed by atoms with Crippen molar-refractivity contribution in [2.45, 2.75) is 53.4 Å². The number of carbonyl (C=O) groups excluding carboxylic acids is 1. The molecule has 0 rings (SSSR count). The molecule has 0 aliphatic carbocycles. The molecule has 0 aromatic carbocycles. The van der Waals surface area contributed by atoms with Crippen molar-refractivity contribution >= 4 is 5.97 Å². The van der Waals surface area contributed by atoms with E-state index in [9.17, 15) is 4.79 Å². The van der Waals surface area contributed by atoms with Crippen LogP contribution in [0.3, 0.4) is 0 Å². The SMILES string of the molecule is C=C(OCOCCCCCCOC(=O)C(=C)C(C)C)C(C)C. The molecule has 0 amide bonds. The molecule has 0 radical (unpaired) electrons. The van der Waals surface area contributed by atoms with E-state index in [0.29, 0.717) is 24.7 Å². The van der Waals surface area contributed by atoms with E-state index >= 15 is 0 Å². The number of carbonyl (C=O) groups is 1. The Kier molecular flexibility index (Phi) is 11.6. The highest BCUT2D eigenvalue weighted by molar-refractivity contribution is 5.88. The standard InChI is InChI=1S/C18H32O4/c1-14(2)16(5)18(19)21-12-10-8-7-9-11-20-13-22-17(6)15(3)4/h14-15H,5-13H2,1-4H3. The Morgan fingerprint density at radius 1 is 0.864 bits per heavy atom. The molecule has 0 aromatic heterocycles. The van der Waals surface area contributed by atoms with Crippen molar-refractivity contribution in [3.05, 3.63) is 24.5 Å². The molecule has 0 saturated heterocycles. The third kappa shape index (κ3) is 10.4. The lowest BCUT2D eigenvalue weighted by Crippen LogP contribution is -2.12. The van der Waals surface area contributed by atoms with Gasteiger partial charge in [0.1, 0.15) is 0 Å². The molecule has 0 bridgehead atoms. The molecule has 128 valence electrons. The van der Waals surface area contributed by atoms with E-state index in [1.807, 2.05) is 27.7 Å². The van der Waals surface area contributed by atoms with Gasteiger partial charge in [0.15, 0.2) is 6.79 Å². The third-order valence-corrected chi connectivity index (χ3v) is 3.35. The summed E-state index contributed by atoms with van der Waals surface area (Å²) in [4.78, 5) is 11.5. The van der Waals surface area contributed by atoms with Crippen molar-refractivity contribution in [3.63, 3.8) is 0 Å². The van der Waals surface area contributed by atoms with Crippen LogP contribution in [-0.2, 0) is 19.0 Å². The molecule has 0 heterocycles.